The molecule has 98 valence electrons. The molecule has 2 rings (SSSR count). The Hall–Kier alpha value is -2.28. The molecule has 4 heteroatoms. The van der Waals surface area contributed by atoms with E-state index in [9.17, 15) is 5.26 Å². The lowest BCUT2D eigenvalue weighted by Gasteiger charge is -2.03. The standard InChI is InChI=1S/C15H18N4/c1-11(2)8-14-13(9-16)15(17)19(18-14)10-12-6-4-3-5-7-12/h3-7,11H,8,10,17H2,1-2H3. The molecule has 4 nitrogen and oxygen atoms in total. The Kier molecular flexibility index (Phi) is 3.86. The number of nitrogens with two attached hydrogens (primary N) is 1. The van der Waals surface area contributed by atoms with E-state index in [-0.39, 0.29) is 0 Å². The van der Waals surface area contributed by atoms with Crippen molar-refractivity contribution in [3.05, 3.63) is 47.2 Å². The molecule has 2 N–H and O–H groups in total. The van der Waals surface area contributed by atoms with Crippen LogP contribution < -0.4 is 5.73 Å². The van der Waals surface area contributed by atoms with Crippen LogP contribution in [0.2, 0.25) is 0 Å². The highest BCUT2D eigenvalue weighted by atomic mass is 15.3. The smallest absolute Gasteiger partial charge is 0.140 e. The van der Waals surface area contributed by atoms with Crippen LogP contribution in [-0.4, -0.2) is 9.78 Å². The van der Waals surface area contributed by atoms with Gasteiger partial charge in [-0.2, -0.15) is 10.4 Å². The average Bonchev–Trinajstić information content (AvgIpc) is 2.66. The first-order chi connectivity index (χ1) is 9.11. The van der Waals surface area contributed by atoms with Crippen LogP contribution in [0.5, 0.6) is 0 Å². The Bertz CT molecular complexity index is 591. The van der Waals surface area contributed by atoms with Crippen LogP contribution in [0.1, 0.15) is 30.7 Å². The zero-order chi connectivity index (χ0) is 13.8. The Labute approximate surface area is 113 Å². The van der Waals surface area contributed by atoms with Crippen LogP contribution in [-0.2, 0) is 13.0 Å². The van der Waals surface area contributed by atoms with E-state index in [1.807, 2.05) is 30.3 Å². The molecule has 1 aromatic carbocycles. The van der Waals surface area contributed by atoms with Gasteiger partial charge >= 0.3 is 0 Å². The van der Waals surface area contributed by atoms with Crippen molar-refractivity contribution in [1.29, 1.82) is 5.26 Å². The van der Waals surface area contributed by atoms with Crippen molar-refractivity contribution >= 4 is 5.82 Å². The van der Waals surface area contributed by atoms with E-state index < -0.39 is 0 Å². The predicted octanol–water partition coefficient (Wildman–Crippen LogP) is 2.58. The lowest BCUT2D eigenvalue weighted by Crippen LogP contribution is -2.06. The fraction of sp³-hybridized carbons (Fsp3) is 0.333. The van der Waals surface area contributed by atoms with Crippen LogP contribution in [0.3, 0.4) is 0 Å². The van der Waals surface area contributed by atoms with E-state index in [2.05, 4.69) is 25.0 Å². The maximum absolute atomic E-state index is 9.21. The Morgan fingerprint density at radius 3 is 2.58 bits per heavy atom. The summed E-state index contributed by atoms with van der Waals surface area (Å²) in [5.41, 5.74) is 8.45. The number of aromatic nitrogens is 2. The molecular formula is C15H18N4. The average molecular weight is 254 g/mol. The normalized spacial score (nSPS) is 10.6. The second kappa shape index (κ2) is 5.57. The lowest BCUT2D eigenvalue weighted by molar-refractivity contribution is 0.609. The molecule has 0 fully saturated rings. The van der Waals surface area contributed by atoms with Gasteiger partial charge in [0.05, 0.1) is 12.2 Å². The van der Waals surface area contributed by atoms with Crippen molar-refractivity contribution in [1.82, 2.24) is 9.78 Å². The second-order valence-corrected chi connectivity index (χ2v) is 5.06. The van der Waals surface area contributed by atoms with Gasteiger partial charge in [-0.3, -0.25) is 0 Å². The molecular weight excluding hydrogens is 236 g/mol. The van der Waals surface area contributed by atoms with Crippen molar-refractivity contribution in [3.8, 4) is 6.07 Å². The third-order valence-corrected chi connectivity index (χ3v) is 2.95. The number of hydrogen-bond acceptors (Lipinski definition) is 3. The number of rotatable bonds is 4. The predicted molar refractivity (Wildman–Crippen MR) is 75.4 cm³/mol. The number of nitriles is 1. The SMILES string of the molecule is CC(C)Cc1nn(Cc2ccccc2)c(N)c1C#N. The Morgan fingerprint density at radius 2 is 2.00 bits per heavy atom. The van der Waals surface area contributed by atoms with E-state index in [0.717, 1.165) is 17.7 Å². The van der Waals surface area contributed by atoms with Crippen molar-refractivity contribution in [2.45, 2.75) is 26.8 Å². The highest BCUT2D eigenvalue weighted by Crippen LogP contribution is 2.20. The molecule has 0 aliphatic heterocycles. The Balaban J connectivity index is 2.32. The molecule has 0 amide bonds. The van der Waals surface area contributed by atoms with E-state index in [0.29, 0.717) is 23.8 Å². The van der Waals surface area contributed by atoms with E-state index in [1.54, 1.807) is 4.68 Å². The first-order valence-electron chi connectivity index (χ1n) is 6.41. The minimum atomic E-state index is 0.451. The van der Waals surface area contributed by atoms with Gasteiger partial charge in [0, 0.05) is 0 Å². The van der Waals surface area contributed by atoms with E-state index in [1.165, 1.54) is 0 Å². The van der Waals surface area contributed by atoms with Crippen LogP contribution in [0, 0.1) is 17.2 Å². The molecule has 0 radical (unpaired) electrons. The summed E-state index contributed by atoms with van der Waals surface area (Å²) in [7, 11) is 0. The summed E-state index contributed by atoms with van der Waals surface area (Å²) >= 11 is 0. The molecule has 2 aromatic rings. The van der Waals surface area contributed by atoms with Crippen molar-refractivity contribution < 1.29 is 0 Å². The number of benzene rings is 1. The van der Waals surface area contributed by atoms with Gasteiger partial charge in [-0.05, 0) is 17.9 Å². The van der Waals surface area contributed by atoms with Crippen LogP contribution >= 0.6 is 0 Å². The van der Waals surface area contributed by atoms with E-state index in [4.69, 9.17) is 5.73 Å². The quantitative estimate of drug-likeness (QED) is 0.911. The van der Waals surface area contributed by atoms with Crippen molar-refractivity contribution in [2.75, 3.05) is 5.73 Å². The fourth-order valence-corrected chi connectivity index (χ4v) is 2.05. The van der Waals surface area contributed by atoms with Gasteiger partial charge in [0.2, 0.25) is 0 Å². The largest absolute Gasteiger partial charge is 0.383 e. The summed E-state index contributed by atoms with van der Waals surface area (Å²) in [6.07, 6.45) is 0.773. The summed E-state index contributed by atoms with van der Waals surface area (Å²) < 4.78 is 1.71. The van der Waals surface area contributed by atoms with Gasteiger partial charge in [-0.25, -0.2) is 4.68 Å². The summed E-state index contributed by atoms with van der Waals surface area (Å²) in [4.78, 5) is 0. The zero-order valence-corrected chi connectivity index (χ0v) is 11.3. The topological polar surface area (TPSA) is 67.6 Å². The third-order valence-electron chi connectivity index (χ3n) is 2.95. The lowest BCUT2D eigenvalue weighted by atomic mass is 10.1. The molecule has 0 saturated heterocycles. The molecule has 0 aliphatic carbocycles. The summed E-state index contributed by atoms with van der Waals surface area (Å²) in [6, 6.07) is 12.1. The number of hydrogen-bond donors (Lipinski definition) is 1. The van der Waals surface area contributed by atoms with Crippen molar-refractivity contribution in [2.24, 2.45) is 5.92 Å². The summed E-state index contributed by atoms with van der Waals surface area (Å²) in [5.74, 6) is 0.911. The highest BCUT2D eigenvalue weighted by molar-refractivity contribution is 5.52. The molecule has 0 spiro atoms. The Morgan fingerprint density at radius 1 is 1.32 bits per heavy atom. The minimum Gasteiger partial charge on any atom is -0.383 e. The number of anilines is 1. The van der Waals surface area contributed by atoms with Gasteiger partial charge in [-0.15, -0.1) is 0 Å². The molecule has 0 unspecified atom stereocenters. The molecule has 0 aliphatic rings. The number of nitrogens with zero attached hydrogens (tertiary/aromatic N) is 3. The van der Waals surface area contributed by atoms with Gasteiger partial charge in [0.15, 0.2) is 0 Å². The van der Waals surface area contributed by atoms with Gasteiger partial charge < -0.3 is 5.73 Å². The van der Waals surface area contributed by atoms with Gasteiger partial charge in [-0.1, -0.05) is 44.2 Å². The molecule has 1 aromatic heterocycles. The fourth-order valence-electron chi connectivity index (χ4n) is 2.05. The van der Waals surface area contributed by atoms with Crippen LogP contribution in [0.4, 0.5) is 5.82 Å². The summed E-state index contributed by atoms with van der Waals surface area (Å²) in [6.45, 7) is 4.81. The highest BCUT2D eigenvalue weighted by Gasteiger charge is 2.16. The van der Waals surface area contributed by atoms with Gasteiger partial charge in [0.25, 0.3) is 0 Å². The minimum absolute atomic E-state index is 0.451. The summed E-state index contributed by atoms with van der Waals surface area (Å²) in [5, 5.41) is 13.7. The van der Waals surface area contributed by atoms with E-state index >= 15 is 0 Å². The monoisotopic (exact) mass is 254 g/mol. The first kappa shape index (κ1) is 13.2. The number of nitrogen functional groups attached to an aromatic ring is 1. The molecule has 0 saturated carbocycles. The maximum atomic E-state index is 9.21. The first-order valence-corrected chi connectivity index (χ1v) is 6.41. The van der Waals surface area contributed by atoms with Crippen LogP contribution in [0.25, 0.3) is 0 Å². The second-order valence-electron chi connectivity index (χ2n) is 5.06. The maximum Gasteiger partial charge on any atom is 0.140 e. The van der Waals surface area contributed by atoms with Crippen molar-refractivity contribution in [3.63, 3.8) is 0 Å². The van der Waals surface area contributed by atoms with Gasteiger partial charge in [0.1, 0.15) is 17.5 Å². The molecule has 0 atom stereocenters. The molecule has 19 heavy (non-hydrogen) atoms. The molecule has 0 bridgehead atoms. The molecule has 1 heterocycles. The zero-order valence-electron chi connectivity index (χ0n) is 11.3. The van der Waals surface area contributed by atoms with Crippen LogP contribution in [0.15, 0.2) is 30.3 Å². The third kappa shape index (κ3) is 2.94.